The molecule has 7 nitrogen and oxygen atoms in total. The summed E-state index contributed by atoms with van der Waals surface area (Å²) in [5.41, 5.74) is 0.966. The van der Waals surface area contributed by atoms with Crippen molar-refractivity contribution in [3.05, 3.63) is 89.8 Å². The number of para-hydroxylation sites is 2. The number of alkyl halides is 3. The Bertz CT molecular complexity index is 1430. The molecule has 0 saturated heterocycles. The Hall–Kier alpha value is -4.31. The molecule has 3 N–H and O–H groups in total. The van der Waals surface area contributed by atoms with Crippen molar-refractivity contribution in [1.29, 1.82) is 0 Å². The quantitative estimate of drug-likeness (QED) is 0.276. The molecule has 0 saturated carbocycles. The van der Waals surface area contributed by atoms with Gasteiger partial charge in [-0.2, -0.15) is 13.2 Å². The number of H-pyrrole nitrogens is 1. The van der Waals surface area contributed by atoms with E-state index in [0.29, 0.717) is 34.0 Å². The number of rotatable bonds is 8. The molecule has 0 radical (unpaired) electrons. The van der Waals surface area contributed by atoms with E-state index >= 15 is 0 Å². The average Bonchev–Trinajstić information content (AvgIpc) is 3.26. The number of anilines is 2. The Balaban J connectivity index is 1.73. The summed E-state index contributed by atoms with van der Waals surface area (Å²) in [4.78, 5) is 20.8. The van der Waals surface area contributed by atoms with Gasteiger partial charge in [-0.05, 0) is 30.3 Å². The summed E-state index contributed by atoms with van der Waals surface area (Å²) in [7, 11) is 3.00. The number of halogens is 3. The lowest BCUT2D eigenvalue weighted by Gasteiger charge is -2.17. The molecular formula is C26H23F3N4O3. The van der Waals surface area contributed by atoms with Gasteiger partial charge in [0.15, 0.2) is 0 Å². The highest BCUT2D eigenvalue weighted by Crippen LogP contribution is 2.35. The van der Waals surface area contributed by atoms with Crippen LogP contribution < -0.4 is 15.4 Å². The third kappa shape index (κ3) is 5.18. The number of hydrogen-bond donors (Lipinski definition) is 3. The minimum absolute atomic E-state index is 0.0231. The predicted octanol–water partition coefficient (Wildman–Crippen LogP) is 6.07. The van der Waals surface area contributed by atoms with Crippen LogP contribution in [0.5, 0.6) is 5.75 Å². The number of methoxy groups -OCH3 is 2. The molecule has 36 heavy (non-hydrogen) atoms. The van der Waals surface area contributed by atoms with Crippen LogP contribution in [0.2, 0.25) is 0 Å². The molecule has 0 bridgehead atoms. The summed E-state index contributed by atoms with van der Waals surface area (Å²) in [6, 6.07) is 15.2. The molecule has 0 atom stereocenters. The Morgan fingerprint density at radius 1 is 1.03 bits per heavy atom. The SMILES string of the molecule is C=C(Nc1cc(C(=O)Nc2ccccc2OC)c2nc(COC)[nH]c2c1)c1ccccc1C(F)(F)F. The highest BCUT2D eigenvalue weighted by atomic mass is 19.4. The Morgan fingerprint density at radius 2 is 1.75 bits per heavy atom. The van der Waals surface area contributed by atoms with Gasteiger partial charge in [0.25, 0.3) is 5.91 Å². The summed E-state index contributed by atoms with van der Waals surface area (Å²) in [6.45, 7) is 3.98. The molecule has 0 spiro atoms. The van der Waals surface area contributed by atoms with Crippen molar-refractivity contribution >= 4 is 34.0 Å². The third-order valence-corrected chi connectivity index (χ3v) is 5.37. The number of carbonyl (C=O) groups excluding carboxylic acids is 1. The van der Waals surface area contributed by atoms with Crippen molar-refractivity contribution in [3.63, 3.8) is 0 Å². The van der Waals surface area contributed by atoms with Gasteiger partial charge in [0, 0.05) is 24.1 Å². The summed E-state index contributed by atoms with van der Waals surface area (Å²) in [5.74, 6) is 0.470. The number of carbonyl (C=O) groups is 1. The molecule has 1 aromatic heterocycles. The lowest BCUT2D eigenvalue weighted by Crippen LogP contribution is -2.14. The Morgan fingerprint density at radius 3 is 2.47 bits per heavy atom. The van der Waals surface area contributed by atoms with Crippen molar-refractivity contribution in [1.82, 2.24) is 9.97 Å². The molecule has 0 aliphatic rings. The first-order valence-corrected chi connectivity index (χ1v) is 10.8. The van der Waals surface area contributed by atoms with E-state index in [1.165, 1.54) is 38.5 Å². The van der Waals surface area contributed by atoms with Gasteiger partial charge in [-0.1, -0.05) is 36.9 Å². The lowest BCUT2D eigenvalue weighted by atomic mass is 10.0. The fraction of sp³-hybridized carbons (Fsp3) is 0.154. The molecule has 0 fully saturated rings. The largest absolute Gasteiger partial charge is 0.495 e. The maximum absolute atomic E-state index is 13.5. The first-order chi connectivity index (χ1) is 17.2. The van der Waals surface area contributed by atoms with E-state index in [1.807, 2.05) is 0 Å². The summed E-state index contributed by atoms with van der Waals surface area (Å²) in [6.07, 6.45) is -4.55. The van der Waals surface area contributed by atoms with E-state index in [9.17, 15) is 18.0 Å². The van der Waals surface area contributed by atoms with E-state index in [0.717, 1.165) is 6.07 Å². The first-order valence-electron chi connectivity index (χ1n) is 10.8. The monoisotopic (exact) mass is 496 g/mol. The molecule has 0 unspecified atom stereocenters. The van der Waals surface area contributed by atoms with Crippen LogP contribution in [0.15, 0.2) is 67.2 Å². The van der Waals surface area contributed by atoms with Crippen LogP contribution >= 0.6 is 0 Å². The maximum atomic E-state index is 13.5. The number of aromatic nitrogens is 2. The highest BCUT2D eigenvalue weighted by molar-refractivity contribution is 6.13. The molecule has 0 aliphatic carbocycles. The fourth-order valence-corrected chi connectivity index (χ4v) is 3.79. The topological polar surface area (TPSA) is 88.3 Å². The number of hydrogen-bond acceptors (Lipinski definition) is 5. The Kier molecular flexibility index (Phi) is 6.98. The minimum atomic E-state index is -4.55. The number of amides is 1. The molecule has 10 heteroatoms. The summed E-state index contributed by atoms with van der Waals surface area (Å²) < 4.78 is 51.0. The molecule has 0 aliphatic heterocycles. The lowest BCUT2D eigenvalue weighted by molar-refractivity contribution is -0.137. The van der Waals surface area contributed by atoms with Crippen molar-refractivity contribution in [2.75, 3.05) is 24.9 Å². The zero-order valence-corrected chi connectivity index (χ0v) is 19.5. The number of ether oxygens (including phenoxy) is 2. The molecule has 1 heterocycles. The minimum Gasteiger partial charge on any atom is -0.495 e. The van der Waals surface area contributed by atoms with Gasteiger partial charge >= 0.3 is 6.18 Å². The Labute approximate surface area is 205 Å². The van der Waals surface area contributed by atoms with Crippen LogP contribution in [-0.4, -0.2) is 30.1 Å². The van der Waals surface area contributed by atoms with Crippen LogP contribution in [-0.2, 0) is 17.5 Å². The van der Waals surface area contributed by atoms with E-state index in [1.54, 1.807) is 30.3 Å². The summed E-state index contributed by atoms with van der Waals surface area (Å²) >= 11 is 0. The fourth-order valence-electron chi connectivity index (χ4n) is 3.79. The molecule has 186 valence electrons. The third-order valence-electron chi connectivity index (χ3n) is 5.37. The second-order valence-electron chi connectivity index (χ2n) is 7.84. The van der Waals surface area contributed by atoms with E-state index in [4.69, 9.17) is 9.47 Å². The van der Waals surface area contributed by atoms with Gasteiger partial charge in [-0.3, -0.25) is 4.79 Å². The van der Waals surface area contributed by atoms with Crippen LogP contribution in [0, 0.1) is 0 Å². The number of nitrogens with one attached hydrogen (secondary N) is 3. The zero-order chi connectivity index (χ0) is 25.9. The van der Waals surface area contributed by atoms with Gasteiger partial charge in [0.1, 0.15) is 23.7 Å². The summed E-state index contributed by atoms with van der Waals surface area (Å²) in [5, 5.41) is 5.71. The maximum Gasteiger partial charge on any atom is 0.417 e. The normalized spacial score (nSPS) is 11.4. The van der Waals surface area contributed by atoms with E-state index in [2.05, 4.69) is 27.2 Å². The second-order valence-corrected chi connectivity index (χ2v) is 7.84. The molecular weight excluding hydrogens is 473 g/mol. The first kappa shape index (κ1) is 24.8. The van der Waals surface area contributed by atoms with Gasteiger partial charge < -0.3 is 25.1 Å². The van der Waals surface area contributed by atoms with Crippen molar-refractivity contribution in [3.8, 4) is 5.75 Å². The van der Waals surface area contributed by atoms with Gasteiger partial charge in [-0.25, -0.2) is 4.98 Å². The standard InChI is InChI=1S/C26H23F3N4O3/c1-15(17-8-4-5-9-19(17)26(27,28)29)30-16-12-18(24-21(13-16)31-23(33-24)14-35-2)25(34)32-20-10-6-7-11-22(20)36-3/h4-13,30H,1,14H2,2-3H3,(H,31,33)(H,32,34). The number of aromatic amines is 1. The number of fused-ring (bicyclic) bond motifs is 1. The zero-order valence-electron chi connectivity index (χ0n) is 19.5. The molecule has 3 aromatic carbocycles. The predicted molar refractivity (Wildman–Crippen MR) is 132 cm³/mol. The molecule has 4 rings (SSSR count). The number of imidazole rings is 1. The van der Waals surface area contributed by atoms with Gasteiger partial charge in [0.2, 0.25) is 0 Å². The average molecular weight is 496 g/mol. The van der Waals surface area contributed by atoms with E-state index < -0.39 is 17.6 Å². The number of benzene rings is 3. The molecule has 4 aromatic rings. The van der Waals surface area contributed by atoms with Crippen molar-refractivity contribution in [2.24, 2.45) is 0 Å². The number of nitrogens with zero attached hydrogens (tertiary/aromatic N) is 1. The van der Waals surface area contributed by atoms with Gasteiger partial charge in [0.05, 0.1) is 29.4 Å². The molecule has 1 amide bonds. The van der Waals surface area contributed by atoms with Crippen LogP contribution in [0.25, 0.3) is 16.7 Å². The van der Waals surface area contributed by atoms with E-state index in [-0.39, 0.29) is 23.4 Å². The van der Waals surface area contributed by atoms with Gasteiger partial charge in [-0.15, -0.1) is 0 Å². The smallest absolute Gasteiger partial charge is 0.417 e. The van der Waals surface area contributed by atoms with Crippen molar-refractivity contribution < 1.29 is 27.4 Å². The van der Waals surface area contributed by atoms with Crippen LogP contribution in [0.3, 0.4) is 0 Å². The van der Waals surface area contributed by atoms with Crippen LogP contribution in [0.1, 0.15) is 27.3 Å². The van der Waals surface area contributed by atoms with Crippen LogP contribution in [0.4, 0.5) is 24.5 Å². The van der Waals surface area contributed by atoms with Crippen molar-refractivity contribution in [2.45, 2.75) is 12.8 Å². The highest BCUT2D eigenvalue weighted by Gasteiger charge is 2.33. The second kappa shape index (κ2) is 10.1.